The van der Waals surface area contributed by atoms with Crippen LogP contribution in [0.2, 0.25) is 0 Å². The van der Waals surface area contributed by atoms with Gasteiger partial charge in [0.05, 0.1) is 47.6 Å². The van der Waals surface area contributed by atoms with Gasteiger partial charge >= 0.3 is 12.1 Å². The first-order valence-corrected chi connectivity index (χ1v) is 21.0. The zero-order chi connectivity index (χ0) is 42.7. The summed E-state index contributed by atoms with van der Waals surface area (Å²) in [6.07, 6.45) is -3.57. The second-order valence-electron chi connectivity index (χ2n) is 18.1. The SMILES string of the molecule is CC[C@H]1OC(=O)[C@H](C)C(=O)[C@H](C)[C@@H](O[C@@H]2O[C@H](C)C[C@H](N(C)C)[C@H]2O)[C@@]2(C)C[C@@H](C)C(=O)[C@H](C)[C@@H]3N(C[C@H]4C(c5cnc6ccccc6c5)=NO[C@H]4CO2)C(=O)O[C@@]31C. The topological polar surface area (TPSA) is 176 Å². The lowest BCUT2D eigenvalue weighted by molar-refractivity contribution is -0.299. The highest BCUT2D eigenvalue weighted by Gasteiger charge is 2.62. The van der Waals surface area contributed by atoms with Gasteiger partial charge in [0, 0.05) is 47.5 Å². The Morgan fingerprint density at radius 3 is 2.46 bits per heavy atom. The second-order valence-corrected chi connectivity index (χ2v) is 18.1. The molecule has 15 heteroatoms. The lowest BCUT2D eigenvalue weighted by Crippen LogP contribution is -2.61. The minimum absolute atomic E-state index is 0.0308. The molecule has 1 N–H and O–H groups in total. The molecule has 5 aliphatic heterocycles. The van der Waals surface area contributed by atoms with E-state index in [1.54, 1.807) is 45.7 Å². The fraction of sp³-hybridized carbons (Fsp3) is 0.682. The summed E-state index contributed by atoms with van der Waals surface area (Å²) in [5.41, 5.74) is -0.862. The van der Waals surface area contributed by atoms with Gasteiger partial charge in [-0.3, -0.25) is 24.3 Å². The summed E-state index contributed by atoms with van der Waals surface area (Å²) in [6.45, 7) is 13.9. The predicted octanol–water partition coefficient (Wildman–Crippen LogP) is 4.54. The predicted molar refractivity (Wildman–Crippen MR) is 215 cm³/mol. The molecular formula is C44H60N4O11. The Kier molecular flexibility index (Phi) is 12.0. The first-order chi connectivity index (χ1) is 27.9. The number of ketones is 2. The van der Waals surface area contributed by atoms with E-state index < -0.39 is 95.4 Å². The van der Waals surface area contributed by atoms with Crippen LogP contribution in [0.25, 0.3) is 10.9 Å². The molecule has 2 bridgehead atoms. The summed E-state index contributed by atoms with van der Waals surface area (Å²) in [5, 5.41) is 17.2. The summed E-state index contributed by atoms with van der Waals surface area (Å²) in [6, 6.07) is 8.48. The molecule has 7 rings (SSSR count). The maximum absolute atomic E-state index is 14.9. The number of hydrogen-bond donors (Lipinski definition) is 1. The van der Waals surface area contributed by atoms with Crippen LogP contribution in [0.1, 0.15) is 80.2 Å². The number of aromatic nitrogens is 1. The minimum atomic E-state index is -1.48. The van der Waals surface area contributed by atoms with Crippen molar-refractivity contribution in [2.75, 3.05) is 27.2 Å². The van der Waals surface area contributed by atoms with Crippen LogP contribution in [0.4, 0.5) is 4.79 Å². The van der Waals surface area contributed by atoms with E-state index in [0.29, 0.717) is 17.7 Å². The van der Waals surface area contributed by atoms with Crippen molar-refractivity contribution in [2.24, 2.45) is 34.7 Å². The molecule has 1 aromatic carbocycles. The van der Waals surface area contributed by atoms with Crippen molar-refractivity contribution >= 4 is 40.2 Å². The summed E-state index contributed by atoms with van der Waals surface area (Å²) < 4.78 is 32.5. The molecule has 4 fully saturated rings. The van der Waals surface area contributed by atoms with Crippen LogP contribution < -0.4 is 0 Å². The standard InChI is InChI=1S/C44H60N4O11/c1-11-33-44(8)38-24(4)35(49)22(2)18-43(7,39(25(5)36(50)26(6)40(52)56-33)57-41-37(51)31(47(9)10)16-23(3)55-41)54-21-32-29(20-48(38)42(53)58-44)34(46-59-32)28-17-27-14-12-13-15-30(27)45-19-28/h12-15,17,19,22-26,29,31-33,37-39,41,51H,11,16,18,20-21H2,1-10H3/t22-,23-,24+,25+,26-,29-,31+,32+,33-,37-,38+,39-,41+,43-,44-/m1/s1. The average Bonchev–Trinajstić information content (AvgIpc) is 3.72. The highest BCUT2D eigenvalue weighted by Crippen LogP contribution is 2.45. The molecule has 15 atom stereocenters. The van der Waals surface area contributed by atoms with Crippen LogP contribution in [0, 0.1) is 29.6 Å². The summed E-state index contributed by atoms with van der Waals surface area (Å²) in [4.78, 5) is 72.2. The fourth-order valence-electron chi connectivity index (χ4n) is 10.4. The van der Waals surface area contributed by atoms with Crippen molar-refractivity contribution in [2.45, 2.75) is 135 Å². The number of fused-ring (bicyclic) bond motifs is 6. The molecule has 1 aromatic heterocycles. The third kappa shape index (κ3) is 7.77. The molecule has 1 amide bonds. The van der Waals surface area contributed by atoms with Gasteiger partial charge in [-0.05, 0) is 73.2 Å². The van der Waals surface area contributed by atoms with Gasteiger partial charge in [-0.25, -0.2) is 4.79 Å². The molecule has 6 heterocycles. The molecule has 2 aromatic rings. The van der Waals surface area contributed by atoms with Gasteiger partial charge in [-0.1, -0.05) is 51.0 Å². The number of oxime groups is 1. The smallest absolute Gasteiger partial charge is 0.410 e. The molecule has 322 valence electrons. The zero-order valence-corrected chi connectivity index (χ0v) is 35.8. The van der Waals surface area contributed by atoms with Gasteiger partial charge in [-0.2, -0.15) is 0 Å². The molecule has 15 nitrogen and oxygen atoms in total. The Labute approximate surface area is 346 Å². The molecule has 4 saturated heterocycles. The van der Waals surface area contributed by atoms with Crippen molar-refractivity contribution in [3.05, 3.63) is 42.1 Å². The highest BCUT2D eigenvalue weighted by atomic mass is 16.7. The van der Waals surface area contributed by atoms with Gasteiger partial charge in [0.25, 0.3) is 0 Å². The van der Waals surface area contributed by atoms with E-state index >= 15 is 0 Å². The second kappa shape index (κ2) is 16.4. The maximum Gasteiger partial charge on any atom is 0.410 e. The van der Waals surface area contributed by atoms with Crippen LogP contribution >= 0.6 is 0 Å². The van der Waals surface area contributed by atoms with Crippen LogP contribution in [0.5, 0.6) is 0 Å². The molecule has 0 unspecified atom stereocenters. The van der Waals surface area contributed by atoms with Crippen molar-refractivity contribution in [1.82, 2.24) is 14.8 Å². The lowest BCUT2D eigenvalue weighted by Gasteiger charge is -2.48. The van der Waals surface area contributed by atoms with Crippen molar-refractivity contribution < 1.29 is 52.8 Å². The van der Waals surface area contributed by atoms with Crippen molar-refractivity contribution in [1.29, 1.82) is 0 Å². The van der Waals surface area contributed by atoms with Gasteiger partial charge in [0.2, 0.25) is 0 Å². The molecule has 5 aliphatic rings. The number of carbonyl (C=O) groups is 4. The van der Waals surface area contributed by atoms with E-state index in [1.165, 1.54) is 6.92 Å². The van der Waals surface area contributed by atoms with E-state index in [2.05, 4.69) is 10.1 Å². The first-order valence-electron chi connectivity index (χ1n) is 21.0. The van der Waals surface area contributed by atoms with Crippen LogP contribution in [0.15, 0.2) is 41.7 Å². The minimum Gasteiger partial charge on any atom is -0.458 e. The van der Waals surface area contributed by atoms with Gasteiger partial charge < -0.3 is 38.5 Å². The average molecular weight is 821 g/mol. The summed E-state index contributed by atoms with van der Waals surface area (Å²) >= 11 is 0. The lowest BCUT2D eigenvalue weighted by atomic mass is 9.73. The van der Waals surface area contributed by atoms with Crippen LogP contribution in [-0.2, 0) is 42.9 Å². The fourth-order valence-corrected chi connectivity index (χ4v) is 10.4. The van der Waals surface area contributed by atoms with E-state index in [-0.39, 0.29) is 43.9 Å². The number of benzene rings is 1. The van der Waals surface area contributed by atoms with Crippen molar-refractivity contribution in [3.8, 4) is 0 Å². The Morgan fingerprint density at radius 2 is 1.75 bits per heavy atom. The number of pyridine rings is 1. The quantitative estimate of drug-likeness (QED) is 0.329. The van der Waals surface area contributed by atoms with Gasteiger partial charge in [-0.15, -0.1) is 0 Å². The Bertz CT molecular complexity index is 1980. The number of aliphatic hydroxyl groups excluding tert-OH is 1. The highest BCUT2D eigenvalue weighted by molar-refractivity contribution is 6.05. The largest absolute Gasteiger partial charge is 0.458 e. The number of carbonyl (C=O) groups excluding carboxylic acids is 4. The first kappa shape index (κ1) is 43.1. The molecule has 0 saturated carbocycles. The van der Waals surface area contributed by atoms with E-state index in [9.17, 15) is 24.3 Å². The molecule has 0 radical (unpaired) electrons. The molecule has 59 heavy (non-hydrogen) atoms. The van der Waals surface area contributed by atoms with E-state index in [4.69, 9.17) is 28.5 Å². The molecule has 0 aliphatic carbocycles. The number of amides is 1. The number of rotatable bonds is 5. The van der Waals surface area contributed by atoms with Crippen LogP contribution in [0.3, 0.4) is 0 Å². The molecular weight excluding hydrogens is 761 g/mol. The summed E-state index contributed by atoms with van der Waals surface area (Å²) in [5.74, 6) is -5.83. The maximum atomic E-state index is 14.9. The van der Waals surface area contributed by atoms with E-state index in [0.717, 1.165) is 10.9 Å². The number of cyclic esters (lactones) is 1. The Hall–Kier alpha value is -4.02. The molecule has 0 spiro atoms. The number of Topliss-reactive ketones (excluding diaryl/α,β-unsaturated/α-hetero) is 2. The normalized spacial score (nSPS) is 40.9. The zero-order valence-electron chi connectivity index (χ0n) is 35.8. The number of nitrogens with zero attached hydrogens (tertiary/aromatic N) is 4. The number of para-hydroxylation sites is 1. The van der Waals surface area contributed by atoms with E-state index in [1.807, 2.05) is 63.2 Å². The third-order valence-electron chi connectivity index (χ3n) is 13.6. The third-order valence-corrected chi connectivity index (χ3v) is 13.6. The monoisotopic (exact) mass is 820 g/mol. The number of likely N-dealkylation sites (N-methyl/N-ethyl adjacent to an activating group) is 1. The number of hydrogen-bond acceptors (Lipinski definition) is 14. The summed E-state index contributed by atoms with van der Waals surface area (Å²) in [7, 11) is 3.74. The van der Waals surface area contributed by atoms with Gasteiger partial charge in [0.1, 0.15) is 23.9 Å². The Morgan fingerprint density at radius 1 is 1.02 bits per heavy atom. The number of esters is 1. The van der Waals surface area contributed by atoms with Crippen molar-refractivity contribution in [3.63, 3.8) is 0 Å². The Balaban J connectivity index is 1.38. The van der Waals surface area contributed by atoms with Gasteiger partial charge in [0.15, 0.2) is 23.8 Å². The van der Waals surface area contributed by atoms with Crippen LogP contribution in [-0.4, -0.2) is 137 Å². The number of aliphatic hydroxyl groups is 1. The number of ether oxygens (including phenoxy) is 5.